The molecule has 0 radical (unpaired) electrons. The van der Waals surface area contributed by atoms with Crippen molar-refractivity contribution >= 4 is 66.5 Å². The number of carboxylic acid groups (broad SMARTS) is 1. The number of carbonyl (C=O) groups is 3. The Balaban J connectivity index is 0.00000312. The molecule has 3 N–H and O–H groups in total. The predicted molar refractivity (Wildman–Crippen MR) is 218 cm³/mol. The molecular weight excluding hydrogens is 723 g/mol. The highest BCUT2D eigenvalue weighted by Crippen LogP contribution is 2.34. The van der Waals surface area contributed by atoms with Crippen molar-refractivity contribution in [1.29, 1.82) is 0 Å². The molecule has 0 aromatic heterocycles. The van der Waals surface area contributed by atoms with Crippen LogP contribution in [0, 0.1) is 0 Å². The Labute approximate surface area is 327 Å². The molecule has 0 unspecified atom stereocenters. The van der Waals surface area contributed by atoms with E-state index in [9.17, 15) is 19.5 Å². The van der Waals surface area contributed by atoms with Gasteiger partial charge in [-0.3, -0.25) is 14.5 Å². The number of hydrogen-bond donors (Lipinski definition) is 3. The number of piperidine rings is 1. The van der Waals surface area contributed by atoms with Crippen molar-refractivity contribution < 1.29 is 19.5 Å². The van der Waals surface area contributed by atoms with Crippen LogP contribution in [0.15, 0.2) is 78.9 Å². The van der Waals surface area contributed by atoms with E-state index < -0.39 is 6.09 Å². The molecule has 2 saturated heterocycles. The first-order valence-electron chi connectivity index (χ1n) is 17.9. The molecule has 3 aromatic carbocycles. The molecule has 2 fully saturated rings. The molecule has 0 aliphatic carbocycles. The molecular formula is C39H55Cl3N6O4. The fourth-order valence-electron chi connectivity index (χ4n) is 6.78. The number of likely N-dealkylation sites (tertiary alicyclic amines) is 1. The monoisotopic (exact) mass is 776 g/mol. The van der Waals surface area contributed by atoms with Crippen molar-refractivity contribution in [2.24, 2.45) is 0 Å². The molecule has 3 aromatic rings. The van der Waals surface area contributed by atoms with Gasteiger partial charge in [0.25, 0.3) is 5.91 Å². The number of likely N-dealkylation sites (N-methyl/N-ethyl adjacent to an activating group) is 1. The number of benzene rings is 3. The van der Waals surface area contributed by atoms with Crippen LogP contribution in [0.4, 0.5) is 16.2 Å². The lowest BCUT2D eigenvalue weighted by Gasteiger charge is -2.38. The average molecular weight is 778 g/mol. The third-order valence-corrected chi connectivity index (χ3v) is 9.71. The van der Waals surface area contributed by atoms with Crippen LogP contribution in [0.1, 0.15) is 55.3 Å². The van der Waals surface area contributed by atoms with Gasteiger partial charge in [0.2, 0.25) is 5.91 Å². The zero-order valence-corrected chi connectivity index (χ0v) is 32.5. The normalized spacial score (nSPS) is 14.8. The molecule has 3 amide bonds. The summed E-state index contributed by atoms with van der Waals surface area (Å²) in [5, 5.41) is 17.0. The van der Waals surface area contributed by atoms with Crippen LogP contribution in [0.2, 0.25) is 0 Å². The Morgan fingerprint density at radius 2 is 1.52 bits per heavy atom. The van der Waals surface area contributed by atoms with Gasteiger partial charge in [0, 0.05) is 88.7 Å². The molecule has 0 saturated carbocycles. The summed E-state index contributed by atoms with van der Waals surface area (Å²) in [7, 11) is 1.88. The van der Waals surface area contributed by atoms with Crippen molar-refractivity contribution in [3.05, 3.63) is 84.4 Å². The second-order valence-electron chi connectivity index (χ2n) is 13.1. The maximum atomic E-state index is 12.8. The minimum absolute atomic E-state index is 0. The van der Waals surface area contributed by atoms with Crippen LogP contribution >= 0.6 is 37.2 Å². The summed E-state index contributed by atoms with van der Waals surface area (Å²) < 4.78 is 0. The van der Waals surface area contributed by atoms with Gasteiger partial charge in [-0.1, -0.05) is 55.0 Å². The van der Waals surface area contributed by atoms with E-state index >= 15 is 0 Å². The fourth-order valence-corrected chi connectivity index (χ4v) is 6.78. The number of anilines is 2. The zero-order valence-electron chi connectivity index (χ0n) is 30.1. The molecule has 2 heterocycles. The van der Waals surface area contributed by atoms with Crippen molar-refractivity contribution in [3.8, 4) is 11.1 Å². The van der Waals surface area contributed by atoms with Gasteiger partial charge in [-0.05, 0) is 74.5 Å². The Hall–Kier alpha value is -3.54. The highest BCUT2D eigenvalue weighted by Gasteiger charge is 2.30. The number of halogens is 3. The predicted octanol–water partition coefficient (Wildman–Crippen LogP) is 7.13. The van der Waals surface area contributed by atoms with Gasteiger partial charge >= 0.3 is 6.09 Å². The molecule has 5 rings (SSSR count). The summed E-state index contributed by atoms with van der Waals surface area (Å²) in [5.41, 5.74) is 4.38. The summed E-state index contributed by atoms with van der Waals surface area (Å²) in [6.45, 7) is 7.21. The number of unbranched alkanes of at least 4 members (excludes halogenated alkanes) is 2. The molecule has 0 bridgehead atoms. The van der Waals surface area contributed by atoms with E-state index in [0.29, 0.717) is 13.0 Å². The van der Waals surface area contributed by atoms with Gasteiger partial charge in [0.15, 0.2) is 0 Å². The minimum atomic E-state index is -0.925. The van der Waals surface area contributed by atoms with Crippen LogP contribution < -0.4 is 15.5 Å². The third-order valence-electron chi connectivity index (χ3n) is 9.71. The number of para-hydroxylation sites is 1. The zero-order chi connectivity index (χ0) is 34.4. The Bertz CT molecular complexity index is 1500. The number of carbonyl (C=O) groups excluding carboxylic acids is 2. The van der Waals surface area contributed by atoms with Crippen LogP contribution in [0.3, 0.4) is 0 Å². The van der Waals surface area contributed by atoms with Crippen LogP contribution in [-0.4, -0.2) is 110 Å². The molecule has 52 heavy (non-hydrogen) atoms. The highest BCUT2D eigenvalue weighted by molar-refractivity contribution is 5.95. The van der Waals surface area contributed by atoms with E-state index in [4.69, 9.17) is 0 Å². The van der Waals surface area contributed by atoms with Crippen molar-refractivity contribution in [3.63, 3.8) is 0 Å². The maximum absolute atomic E-state index is 12.8. The number of nitrogens with zero attached hydrogens (tertiary/aromatic N) is 4. The molecule has 13 heteroatoms. The number of nitrogens with one attached hydrogen (secondary N) is 2. The van der Waals surface area contributed by atoms with E-state index in [1.54, 1.807) is 4.90 Å². The Morgan fingerprint density at radius 1 is 0.827 bits per heavy atom. The molecule has 10 nitrogen and oxygen atoms in total. The van der Waals surface area contributed by atoms with Crippen LogP contribution in [0.5, 0.6) is 0 Å². The Morgan fingerprint density at radius 3 is 2.23 bits per heavy atom. The first-order chi connectivity index (χ1) is 23.9. The summed E-state index contributed by atoms with van der Waals surface area (Å²) in [6.07, 6.45) is 4.88. The SMILES string of the molecule is CN(CCN1CCC(N(C(=O)O)c2ccccc2-c2ccccc2)CC1)C(=O)CCCCCNc1ccc(C(=O)N2CCCNCC2)cc1.Cl.Cl.Cl. The smallest absolute Gasteiger partial charge is 0.412 e. The van der Waals surface area contributed by atoms with Gasteiger partial charge in [-0.25, -0.2) is 4.79 Å². The van der Waals surface area contributed by atoms with Crippen molar-refractivity contribution in [2.45, 2.75) is 51.0 Å². The lowest BCUT2D eigenvalue weighted by Crippen LogP contribution is -2.48. The van der Waals surface area contributed by atoms with Crippen molar-refractivity contribution in [1.82, 2.24) is 20.0 Å². The molecule has 0 spiro atoms. The Kier molecular flexibility index (Phi) is 19.9. The van der Waals surface area contributed by atoms with E-state index in [1.165, 1.54) is 0 Å². The molecule has 2 aliphatic heterocycles. The second-order valence-corrected chi connectivity index (χ2v) is 13.1. The van der Waals surface area contributed by atoms with Gasteiger partial charge in [-0.15, -0.1) is 37.2 Å². The van der Waals surface area contributed by atoms with Gasteiger partial charge in [-0.2, -0.15) is 0 Å². The number of hydrogen-bond acceptors (Lipinski definition) is 6. The lowest BCUT2D eigenvalue weighted by atomic mass is 9.98. The first kappa shape index (κ1) is 44.6. The topological polar surface area (TPSA) is 108 Å². The standard InChI is InChI=1S/C39H52N6O4.3ClH/c1-42(37(46)15-6-3-9-23-41-33-18-16-32(17-19-33)38(47)44-25-10-22-40-24-28-44)29-30-43-26-20-34(21-27-43)45(39(48)49)36-14-8-7-13-35(36)31-11-4-2-5-12-31;;;/h2,4-5,7-8,11-14,16-19,34,40-41H,3,6,9-10,15,20-30H2,1H3,(H,48,49);3*1H. The second kappa shape index (κ2) is 23.2. The average Bonchev–Trinajstić information content (AvgIpc) is 3.43. The summed E-state index contributed by atoms with van der Waals surface area (Å²) in [6, 6.07) is 25.3. The highest BCUT2D eigenvalue weighted by atomic mass is 35.5. The molecule has 0 atom stereocenters. The largest absolute Gasteiger partial charge is 0.465 e. The van der Waals surface area contributed by atoms with Gasteiger partial charge in [0.05, 0.1) is 5.69 Å². The van der Waals surface area contributed by atoms with Gasteiger partial charge in [0.1, 0.15) is 0 Å². The quantitative estimate of drug-likeness (QED) is 0.150. The summed E-state index contributed by atoms with van der Waals surface area (Å²) >= 11 is 0. The summed E-state index contributed by atoms with van der Waals surface area (Å²) in [4.78, 5) is 45.7. The first-order valence-corrected chi connectivity index (χ1v) is 17.9. The van der Waals surface area contributed by atoms with Crippen molar-refractivity contribution in [2.75, 3.05) is 76.2 Å². The van der Waals surface area contributed by atoms with E-state index in [1.807, 2.05) is 95.7 Å². The fraction of sp³-hybridized carbons (Fsp3) is 0.462. The maximum Gasteiger partial charge on any atom is 0.412 e. The summed E-state index contributed by atoms with van der Waals surface area (Å²) in [5.74, 6) is 0.260. The molecule has 286 valence electrons. The van der Waals surface area contributed by atoms with Gasteiger partial charge < -0.3 is 30.4 Å². The molecule has 2 aliphatic rings. The number of amides is 3. The minimum Gasteiger partial charge on any atom is -0.465 e. The van der Waals surface area contributed by atoms with Crippen LogP contribution in [-0.2, 0) is 4.79 Å². The third kappa shape index (κ3) is 12.8. The van der Waals surface area contributed by atoms with E-state index in [2.05, 4.69) is 15.5 Å². The lowest BCUT2D eigenvalue weighted by molar-refractivity contribution is -0.130. The van der Waals surface area contributed by atoms with E-state index in [0.717, 1.165) is 119 Å². The van der Waals surface area contributed by atoms with Crippen LogP contribution in [0.25, 0.3) is 11.1 Å². The number of rotatable bonds is 14. The van der Waals surface area contributed by atoms with E-state index in [-0.39, 0.29) is 55.1 Å².